The van der Waals surface area contributed by atoms with E-state index in [1.807, 2.05) is 6.07 Å². The summed E-state index contributed by atoms with van der Waals surface area (Å²) in [6.07, 6.45) is 2.45. The minimum absolute atomic E-state index is 0.129. The minimum Gasteiger partial charge on any atom is -0.305 e. The number of nitro groups is 1. The van der Waals surface area contributed by atoms with Crippen LogP contribution in [0.3, 0.4) is 0 Å². The van der Waals surface area contributed by atoms with Gasteiger partial charge in [-0.25, -0.2) is 4.98 Å². The van der Waals surface area contributed by atoms with Crippen molar-refractivity contribution in [2.24, 2.45) is 7.05 Å². The van der Waals surface area contributed by atoms with Gasteiger partial charge in [-0.2, -0.15) is 10.4 Å². The Labute approximate surface area is 122 Å². The zero-order chi connectivity index (χ0) is 15.6. The lowest BCUT2D eigenvalue weighted by Gasteiger charge is -2.06. The number of aryl methyl sites for hydroxylation is 1. The minimum atomic E-state index is -0.793. The SMILES string of the molecule is Cn1ncc(C#N)c1NC(=O)c1ccnc(Cl)c1[N+](=O)[O-]. The van der Waals surface area contributed by atoms with Crippen LogP contribution in [0.1, 0.15) is 15.9 Å². The molecule has 0 aliphatic rings. The highest BCUT2D eigenvalue weighted by molar-refractivity contribution is 6.32. The van der Waals surface area contributed by atoms with Crippen molar-refractivity contribution in [2.45, 2.75) is 0 Å². The van der Waals surface area contributed by atoms with E-state index in [9.17, 15) is 14.9 Å². The Kier molecular flexibility index (Phi) is 3.82. The number of aromatic nitrogens is 3. The van der Waals surface area contributed by atoms with Crippen molar-refractivity contribution < 1.29 is 9.72 Å². The molecule has 0 saturated carbocycles. The summed E-state index contributed by atoms with van der Waals surface area (Å²) in [6.45, 7) is 0. The zero-order valence-corrected chi connectivity index (χ0v) is 11.3. The lowest BCUT2D eigenvalue weighted by Crippen LogP contribution is -2.17. The third-order valence-electron chi connectivity index (χ3n) is 2.60. The molecule has 0 saturated heterocycles. The van der Waals surface area contributed by atoms with E-state index in [0.29, 0.717) is 0 Å². The molecule has 0 radical (unpaired) electrons. The molecule has 2 rings (SSSR count). The number of nitrogens with zero attached hydrogens (tertiary/aromatic N) is 5. The van der Waals surface area contributed by atoms with Crippen LogP contribution < -0.4 is 5.32 Å². The third kappa shape index (κ3) is 2.65. The maximum absolute atomic E-state index is 12.2. The molecule has 1 amide bonds. The number of nitrogens with one attached hydrogen (secondary N) is 1. The number of pyridine rings is 1. The predicted molar refractivity (Wildman–Crippen MR) is 71.8 cm³/mol. The van der Waals surface area contributed by atoms with Gasteiger partial charge in [0.1, 0.15) is 23.0 Å². The summed E-state index contributed by atoms with van der Waals surface area (Å²) in [5, 5.41) is 25.7. The molecule has 0 aliphatic carbocycles. The van der Waals surface area contributed by atoms with Gasteiger partial charge in [0, 0.05) is 13.2 Å². The van der Waals surface area contributed by atoms with Gasteiger partial charge in [-0.1, -0.05) is 11.6 Å². The van der Waals surface area contributed by atoms with E-state index in [2.05, 4.69) is 15.4 Å². The quantitative estimate of drug-likeness (QED) is 0.520. The first kappa shape index (κ1) is 14.4. The van der Waals surface area contributed by atoms with Crippen LogP contribution >= 0.6 is 11.6 Å². The highest BCUT2D eigenvalue weighted by Crippen LogP contribution is 2.27. The van der Waals surface area contributed by atoms with E-state index in [4.69, 9.17) is 16.9 Å². The van der Waals surface area contributed by atoms with E-state index < -0.39 is 21.7 Å². The zero-order valence-electron chi connectivity index (χ0n) is 10.6. The largest absolute Gasteiger partial charge is 0.319 e. The third-order valence-corrected chi connectivity index (χ3v) is 2.87. The summed E-state index contributed by atoms with van der Waals surface area (Å²) in [4.78, 5) is 25.9. The number of carbonyl (C=O) groups excluding carboxylic acids is 1. The van der Waals surface area contributed by atoms with Crippen molar-refractivity contribution in [3.63, 3.8) is 0 Å². The van der Waals surface area contributed by atoms with E-state index in [1.165, 1.54) is 30.2 Å². The Morgan fingerprint density at radius 2 is 2.33 bits per heavy atom. The van der Waals surface area contributed by atoms with Gasteiger partial charge in [0.15, 0.2) is 0 Å². The molecule has 0 fully saturated rings. The Balaban J connectivity index is 2.43. The first-order valence-electron chi connectivity index (χ1n) is 5.48. The number of halogens is 1. The molecule has 0 spiro atoms. The molecule has 0 atom stereocenters. The van der Waals surface area contributed by atoms with Crippen molar-refractivity contribution in [1.29, 1.82) is 5.26 Å². The molecule has 2 aromatic heterocycles. The maximum atomic E-state index is 12.2. The van der Waals surface area contributed by atoms with Crippen LogP contribution in [0.5, 0.6) is 0 Å². The monoisotopic (exact) mass is 306 g/mol. The molecule has 9 nitrogen and oxygen atoms in total. The molecule has 1 N–H and O–H groups in total. The second-order valence-corrected chi connectivity index (χ2v) is 4.21. The summed E-state index contributed by atoms with van der Waals surface area (Å²) in [5.74, 6) is -0.657. The summed E-state index contributed by atoms with van der Waals surface area (Å²) in [7, 11) is 1.52. The van der Waals surface area contributed by atoms with Gasteiger partial charge in [-0.3, -0.25) is 19.6 Å². The van der Waals surface area contributed by atoms with E-state index >= 15 is 0 Å². The van der Waals surface area contributed by atoms with Crippen molar-refractivity contribution in [1.82, 2.24) is 14.8 Å². The maximum Gasteiger partial charge on any atom is 0.319 e. The smallest absolute Gasteiger partial charge is 0.305 e. The Morgan fingerprint density at radius 1 is 1.62 bits per heavy atom. The number of hydrogen-bond acceptors (Lipinski definition) is 6. The molecule has 0 unspecified atom stereocenters. The number of anilines is 1. The van der Waals surface area contributed by atoms with Gasteiger partial charge < -0.3 is 5.32 Å². The molecule has 0 aromatic carbocycles. The Hall–Kier alpha value is -2.99. The topological polar surface area (TPSA) is 127 Å². The van der Waals surface area contributed by atoms with E-state index in [0.717, 1.165) is 0 Å². The molecule has 2 heterocycles. The highest BCUT2D eigenvalue weighted by atomic mass is 35.5. The van der Waals surface area contributed by atoms with Crippen molar-refractivity contribution in [3.8, 4) is 6.07 Å². The molecule has 0 aliphatic heterocycles. The van der Waals surface area contributed by atoms with Crippen LogP contribution in [0.4, 0.5) is 11.5 Å². The molecule has 106 valence electrons. The number of amides is 1. The second-order valence-electron chi connectivity index (χ2n) is 3.85. The fraction of sp³-hybridized carbons (Fsp3) is 0.0909. The first-order valence-corrected chi connectivity index (χ1v) is 5.85. The molecule has 10 heteroatoms. The Bertz CT molecular complexity index is 779. The average molecular weight is 307 g/mol. The van der Waals surface area contributed by atoms with Gasteiger partial charge in [0.2, 0.25) is 5.15 Å². The Morgan fingerprint density at radius 3 is 2.95 bits per heavy atom. The predicted octanol–water partition coefficient (Wildman–Crippen LogP) is 1.50. The highest BCUT2D eigenvalue weighted by Gasteiger charge is 2.26. The summed E-state index contributed by atoms with van der Waals surface area (Å²) in [6, 6.07) is 3.02. The van der Waals surface area contributed by atoms with Gasteiger partial charge >= 0.3 is 5.69 Å². The van der Waals surface area contributed by atoms with Crippen LogP contribution in [-0.4, -0.2) is 25.6 Å². The fourth-order valence-electron chi connectivity index (χ4n) is 1.63. The van der Waals surface area contributed by atoms with Crippen LogP contribution in [0, 0.1) is 21.4 Å². The van der Waals surface area contributed by atoms with Gasteiger partial charge in [-0.05, 0) is 6.07 Å². The molecular weight excluding hydrogens is 300 g/mol. The second kappa shape index (κ2) is 5.56. The van der Waals surface area contributed by atoms with Gasteiger partial charge in [-0.15, -0.1) is 0 Å². The average Bonchev–Trinajstić information content (AvgIpc) is 2.78. The standard InChI is InChI=1S/C11H7ClN6O3/c1-17-10(6(4-13)5-15-17)16-11(19)7-2-3-14-9(12)8(7)18(20)21/h2-3,5H,1H3,(H,16,19). The summed E-state index contributed by atoms with van der Waals surface area (Å²) >= 11 is 5.64. The molecular formula is C11H7ClN6O3. The number of hydrogen-bond donors (Lipinski definition) is 1. The van der Waals surface area contributed by atoms with E-state index in [-0.39, 0.29) is 16.9 Å². The van der Waals surface area contributed by atoms with E-state index in [1.54, 1.807) is 0 Å². The lowest BCUT2D eigenvalue weighted by atomic mass is 10.2. The summed E-state index contributed by atoms with van der Waals surface area (Å²) in [5.41, 5.74) is -0.726. The first-order chi connectivity index (χ1) is 9.95. The molecule has 2 aromatic rings. The van der Waals surface area contributed by atoms with Crippen LogP contribution in [-0.2, 0) is 7.05 Å². The number of nitriles is 1. The summed E-state index contributed by atoms with van der Waals surface area (Å²) < 4.78 is 1.27. The normalized spacial score (nSPS) is 9.95. The molecule has 21 heavy (non-hydrogen) atoms. The van der Waals surface area contributed by atoms with Crippen LogP contribution in [0.15, 0.2) is 18.5 Å². The lowest BCUT2D eigenvalue weighted by molar-refractivity contribution is -0.385. The van der Waals surface area contributed by atoms with Crippen molar-refractivity contribution in [3.05, 3.63) is 44.9 Å². The fourth-order valence-corrected chi connectivity index (χ4v) is 1.85. The van der Waals surface area contributed by atoms with Crippen molar-refractivity contribution in [2.75, 3.05) is 5.32 Å². The van der Waals surface area contributed by atoms with Gasteiger partial charge in [0.25, 0.3) is 5.91 Å². The van der Waals surface area contributed by atoms with Crippen LogP contribution in [0.25, 0.3) is 0 Å². The van der Waals surface area contributed by atoms with Crippen LogP contribution in [0.2, 0.25) is 5.15 Å². The number of carbonyl (C=O) groups is 1. The van der Waals surface area contributed by atoms with Gasteiger partial charge in [0.05, 0.1) is 11.1 Å². The van der Waals surface area contributed by atoms with Crippen molar-refractivity contribution >= 4 is 29.0 Å². The number of rotatable bonds is 3. The molecule has 0 bridgehead atoms.